The summed E-state index contributed by atoms with van der Waals surface area (Å²) in [7, 11) is 0. The first-order valence-electron chi connectivity index (χ1n) is 7.50. The number of likely N-dealkylation sites (N-methyl/N-ethyl adjacent to an activating group) is 1. The van der Waals surface area contributed by atoms with Crippen molar-refractivity contribution in [2.45, 2.75) is 45.6 Å². The summed E-state index contributed by atoms with van der Waals surface area (Å²) in [4.78, 5) is 16.8. The van der Waals surface area contributed by atoms with Crippen LogP contribution in [-0.2, 0) is 4.79 Å². The van der Waals surface area contributed by atoms with Crippen LogP contribution in [0.3, 0.4) is 0 Å². The van der Waals surface area contributed by atoms with Gasteiger partial charge in [0.25, 0.3) is 0 Å². The van der Waals surface area contributed by atoms with Crippen molar-refractivity contribution in [2.24, 2.45) is 0 Å². The Hall–Kier alpha value is -0.870. The van der Waals surface area contributed by atoms with Gasteiger partial charge in [0.05, 0.1) is 6.54 Å². The molecule has 2 aliphatic rings. The van der Waals surface area contributed by atoms with Crippen molar-refractivity contribution in [1.29, 1.82) is 0 Å². The van der Waals surface area contributed by atoms with E-state index in [1.54, 1.807) is 0 Å². The smallest absolute Gasteiger partial charge is 0.240 e. The lowest BCUT2D eigenvalue weighted by molar-refractivity contribution is -0.132. The molecule has 1 saturated heterocycles. The lowest BCUT2D eigenvalue weighted by Crippen LogP contribution is -2.60. The number of amides is 1. The lowest BCUT2D eigenvalue weighted by Gasteiger charge is -2.43. The molecule has 1 heterocycles. The Kier molecular flexibility index (Phi) is 4.63. The standard InChI is InChI=1S/C15H27N3O/c1-4-18(13-7-5-6-8-13)14(19)11-17-10-9-16-12-15(17,2)3/h7,16H,4-6,8-12H2,1-3H3. The molecule has 19 heavy (non-hydrogen) atoms. The zero-order valence-electron chi connectivity index (χ0n) is 12.5. The Balaban J connectivity index is 1.98. The number of rotatable bonds is 4. The first-order chi connectivity index (χ1) is 9.04. The second kappa shape index (κ2) is 6.06. The number of hydrogen-bond donors (Lipinski definition) is 1. The highest BCUT2D eigenvalue weighted by molar-refractivity contribution is 5.80. The highest BCUT2D eigenvalue weighted by Crippen LogP contribution is 2.22. The second-order valence-corrected chi connectivity index (χ2v) is 6.14. The number of allylic oxidation sites excluding steroid dienone is 2. The molecule has 0 saturated carbocycles. The van der Waals surface area contributed by atoms with Gasteiger partial charge in [0.15, 0.2) is 0 Å². The van der Waals surface area contributed by atoms with Gasteiger partial charge in [0.2, 0.25) is 5.91 Å². The van der Waals surface area contributed by atoms with E-state index in [4.69, 9.17) is 0 Å². The van der Waals surface area contributed by atoms with Crippen molar-refractivity contribution in [3.8, 4) is 0 Å². The summed E-state index contributed by atoms with van der Waals surface area (Å²) in [5, 5.41) is 3.40. The zero-order chi connectivity index (χ0) is 13.9. The van der Waals surface area contributed by atoms with Gasteiger partial charge in [0.1, 0.15) is 0 Å². The number of hydrogen-bond acceptors (Lipinski definition) is 3. The van der Waals surface area contributed by atoms with Crippen molar-refractivity contribution in [3.63, 3.8) is 0 Å². The highest BCUT2D eigenvalue weighted by atomic mass is 16.2. The van der Waals surface area contributed by atoms with Gasteiger partial charge in [-0.05, 0) is 40.0 Å². The van der Waals surface area contributed by atoms with E-state index >= 15 is 0 Å². The van der Waals surface area contributed by atoms with E-state index in [0.717, 1.165) is 39.0 Å². The van der Waals surface area contributed by atoms with E-state index in [-0.39, 0.29) is 11.4 Å². The van der Waals surface area contributed by atoms with Crippen LogP contribution in [0.25, 0.3) is 0 Å². The number of carbonyl (C=O) groups excluding carboxylic acids is 1. The molecule has 1 aliphatic heterocycles. The monoisotopic (exact) mass is 265 g/mol. The SMILES string of the molecule is CCN(C(=O)CN1CCNCC1(C)C)C1=CCCC1. The fourth-order valence-electron chi connectivity index (χ4n) is 3.00. The lowest BCUT2D eigenvalue weighted by atomic mass is 10.0. The minimum Gasteiger partial charge on any atom is -0.316 e. The molecular formula is C15H27N3O. The third kappa shape index (κ3) is 3.37. The molecule has 108 valence electrons. The Labute approximate surface area is 116 Å². The van der Waals surface area contributed by atoms with Gasteiger partial charge in [-0.25, -0.2) is 0 Å². The van der Waals surface area contributed by atoms with E-state index in [1.807, 2.05) is 4.90 Å². The first-order valence-corrected chi connectivity index (χ1v) is 7.50. The molecule has 1 amide bonds. The summed E-state index contributed by atoms with van der Waals surface area (Å²) < 4.78 is 0. The van der Waals surface area contributed by atoms with Crippen molar-refractivity contribution in [1.82, 2.24) is 15.1 Å². The summed E-state index contributed by atoms with van der Waals surface area (Å²) in [6.45, 7) is 10.7. The minimum atomic E-state index is 0.0668. The van der Waals surface area contributed by atoms with Crippen LogP contribution in [0.2, 0.25) is 0 Å². The van der Waals surface area contributed by atoms with Gasteiger partial charge in [-0.1, -0.05) is 6.08 Å². The minimum absolute atomic E-state index is 0.0668. The number of nitrogens with zero attached hydrogens (tertiary/aromatic N) is 2. The largest absolute Gasteiger partial charge is 0.316 e. The molecule has 0 aromatic heterocycles. The first kappa shape index (κ1) is 14.5. The summed E-state index contributed by atoms with van der Waals surface area (Å²) >= 11 is 0. The van der Waals surface area contributed by atoms with E-state index in [2.05, 4.69) is 37.1 Å². The predicted molar refractivity (Wildman–Crippen MR) is 77.8 cm³/mol. The fraction of sp³-hybridized carbons (Fsp3) is 0.800. The molecule has 4 heteroatoms. The Bertz CT molecular complexity index is 362. The quantitative estimate of drug-likeness (QED) is 0.838. The van der Waals surface area contributed by atoms with Crippen LogP contribution >= 0.6 is 0 Å². The van der Waals surface area contributed by atoms with E-state index in [0.29, 0.717) is 6.54 Å². The van der Waals surface area contributed by atoms with Gasteiger partial charge < -0.3 is 10.2 Å². The van der Waals surface area contributed by atoms with Gasteiger partial charge >= 0.3 is 0 Å². The zero-order valence-corrected chi connectivity index (χ0v) is 12.5. The van der Waals surface area contributed by atoms with Crippen molar-refractivity contribution in [2.75, 3.05) is 32.7 Å². The maximum atomic E-state index is 12.5. The van der Waals surface area contributed by atoms with E-state index in [1.165, 1.54) is 12.1 Å². The van der Waals surface area contributed by atoms with Crippen molar-refractivity contribution >= 4 is 5.91 Å². The Morgan fingerprint density at radius 3 is 2.89 bits per heavy atom. The number of nitrogens with one attached hydrogen (secondary N) is 1. The van der Waals surface area contributed by atoms with Crippen molar-refractivity contribution in [3.05, 3.63) is 11.8 Å². The number of carbonyl (C=O) groups is 1. The summed E-state index contributed by atoms with van der Waals surface area (Å²) in [6, 6.07) is 0. The molecule has 4 nitrogen and oxygen atoms in total. The predicted octanol–water partition coefficient (Wildman–Crippen LogP) is 1.59. The molecule has 1 aliphatic carbocycles. The third-order valence-electron chi connectivity index (χ3n) is 4.28. The van der Waals surface area contributed by atoms with Crippen LogP contribution in [0.4, 0.5) is 0 Å². The molecule has 0 unspecified atom stereocenters. The molecule has 2 rings (SSSR count). The van der Waals surface area contributed by atoms with Crippen LogP contribution in [0.15, 0.2) is 11.8 Å². The summed E-state index contributed by atoms with van der Waals surface area (Å²) in [5.74, 6) is 0.255. The number of piperazine rings is 1. The average molecular weight is 265 g/mol. The molecule has 0 atom stereocenters. The summed E-state index contributed by atoms with van der Waals surface area (Å²) in [5.41, 5.74) is 1.30. The van der Waals surface area contributed by atoms with Gasteiger partial charge in [0, 0.05) is 37.4 Å². The van der Waals surface area contributed by atoms with Gasteiger partial charge in [-0.15, -0.1) is 0 Å². The molecule has 0 radical (unpaired) electrons. The Morgan fingerprint density at radius 2 is 2.32 bits per heavy atom. The van der Waals surface area contributed by atoms with Gasteiger partial charge in [-0.2, -0.15) is 0 Å². The topological polar surface area (TPSA) is 35.6 Å². The molecule has 1 fully saturated rings. The summed E-state index contributed by atoms with van der Waals surface area (Å²) in [6.07, 6.45) is 5.60. The second-order valence-electron chi connectivity index (χ2n) is 6.14. The maximum absolute atomic E-state index is 12.5. The fourth-order valence-corrected chi connectivity index (χ4v) is 3.00. The molecular weight excluding hydrogens is 238 g/mol. The highest BCUT2D eigenvalue weighted by Gasteiger charge is 2.32. The third-order valence-corrected chi connectivity index (χ3v) is 4.28. The molecule has 0 aromatic carbocycles. The van der Waals surface area contributed by atoms with Gasteiger partial charge in [-0.3, -0.25) is 9.69 Å². The van der Waals surface area contributed by atoms with Crippen LogP contribution in [0, 0.1) is 0 Å². The maximum Gasteiger partial charge on any atom is 0.240 e. The van der Waals surface area contributed by atoms with E-state index < -0.39 is 0 Å². The van der Waals surface area contributed by atoms with Crippen LogP contribution < -0.4 is 5.32 Å². The van der Waals surface area contributed by atoms with Crippen LogP contribution in [0.1, 0.15) is 40.0 Å². The molecule has 0 spiro atoms. The van der Waals surface area contributed by atoms with E-state index in [9.17, 15) is 4.79 Å². The van der Waals surface area contributed by atoms with Crippen LogP contribution in [0.5, 0.6) is 0 Å². The van der Waals surface area contributed by atoms with Crippen molar-refractivity contribution < 1.29 is 4.79 Å². The van der Waals surface area contributed by atoms with Crippen LogP contribution in [-0.4, -0.2) is 54.0 Å². The average Bonchev–Trinajstić information content (AvgIpc) is 2.86. The Morgan fingerprint density at radius 1 is 1.53 bits per heavy atom. The normalized spacial score (nSPS) is 23.2. The molecule has 0 bridgehead atoms. The molecule has 0 aromatic rings. The molecule has 1 N–H and O–H groups in total.